The highest BCUT2D eigenvalue weighted by Gasteiger charge is 2.42. The Morgan fingerprint density at radius 2 is 2.07 bits per heavy atom. The van der Waals surface area contributed by atoms with Gasteiger partial charge in [-0.15, -0.1) is 0 Å². The molecule has 2 bridgehead atoms. The molecule has 2 atom stereocenters. The zero-order chi connectivity index (χ0) is 19.5. The molecule has 2 saturated heterocycles. The van der Waals surface area contributed by atoms with Gasteiger partial charge in [0.2, 0.25) is 11.9 Å². The van der Waals surface area contributed by atoms with E-state index in [1.54, 1.807) is 10.7 Å². The Labute approximate surface area is 175 Å². The first-order chi connectivity index (χ1) is 14.2. The molecule has 0 radical (unpaired) electrons. The Balaban J connectivity index is 1.33. The molecule has 29 heavy (non-hydrogen) atoms. The summed E-state index contributed by atoms with van der Waals surface area (Å²) in [6.45, 7) is 2.54. The summed E-state index contributed by atoms with van der Waals surface area (Å²) in [5.74, 6) is 2.27. The van der Waals surface area contributed by atoms with E-state index in [-0.39, 0.29) is 0 Å². The quantitative estimate of drug-likeness (QED) is 0.489. The van der Waals surface area contributed by atoms with Crippen LogP contribution in [0.1, 0.15) is 12.2 Å². The molecule has 9 nitrogen and oxygen atoms in total. The first-order valence-corrected chi connectivity index (χ1v) is 10.5. The van der Waals surface area contributed by atoms with Gasteiger partial charge >= 0.3 is 0 Å². The van der Waals surface area contributed by atoms with E-state index in [2.05, 4.69) is 53.2 Å². The van der Waals surface area contributed by atoms with Gasteiger partial charge in [-0.1, -0.05) is 12.1 Å². The minimum atomic E-state index is 0.470. The number of aromatic amines is 1. The normalized spacial score (nSPS) is 21.7. The number of fused-ring (bicyclic) bond motifs is 4. The number of H-pyrrole nitrogens is 1. The lowest BCUT2D eigenvalue weighted by Crippen LogP contribution is -2.45. The van der Waals surface area contributed by atoms with Gasteiger partial charge in [-0.3, -0.25) is 4.90 Å². The first-order valence-electron chi connectivity index (χ1n) is 9.71. The van der Waals surface area contributed by atoms with E-state index in [0.717, 1.165) is 46.0 Å². The average molecular weight is 454 g/mol. The van der Waals surface area contributed by atoms with Crippen molar-refractivity contribution in [1.82, 2.24) is 34.4 Å². The summed E-state index contributed by atoms with van der Waals surface area (Å²) in [4.78, 5) is 22.4. The lowest BCUT2D eigenvalue weighted by molar-refractivity contribution is 0.291. The summed E-state index contributed by atoms with van der Waals surface area (Å²) in [6, 6.07) is 9.07. The van der Waals surface area contributed by atoms with Gasteiger partial charge in [0.1, 0.15) is 5.82 Å². The number of hydrogen-bond donors (Lipinski definition) is 2. The molecule has 0 aliphatic carbocycles. The number of likely N-dealkylation sites (tertiary alicyclic amines) is 1. The molecule has 0 unspecified atom stereocenters. The molecular formula is C19H20BrN9. The number of piperazine rings is 1. The fraction of sp³-hybridized carbons (Fsp3) is 0.368. The Bertz CT molecular complexity index is 1180. The molecule has 2 aliphatic heterocycles. The molecule has 5 heterocycles. The predicted octanol–water partition coefficient (Wildman–Crippen LogP) is 2.27. The molecule has 3 aromatic heterocycles. The maximum Gasteiger partial charge on any atom is 0.231 e. The van der Waals surface area contributed by atoms with Crippen molar-refractivity contribution < 1.29 is 0 Å². The summed E-state index contributed by atoms with van der Waals surface area (Å²) in [7, 11) is 2.19. The predicted molar refractivity (Wildman–Crippen MR) is 114 cm³/mol. The van der Waals surface area contributed by atoms with Crippen LogP contribution < -0.4 is 10.2 Å². The van der Waals surface area contributed by atoms with Crippen molar-refractivity contribution in [3.05, 3.63) is 40.8 Å². The highest BCUT2D eigenvalue weighted by atomic mass is 79.9. The monoisotopic (exact) mass is 453 g/mol. The van der Waals surface area contributed by atoms with Crippen molar-refractivity contribution in [3.63, 3.8) is 0 Å². The van der Waals surface area contributed by atoms with Gasteiger partial charge in [-0.25, -0.2) is 4.98 Å². The molecule has 0 spiro atoms. The van der Waals surface area contributed by atoms with Gasteiger partial charge in [0.15, 0.2) is 5.65 Å². The van der Waals surface area contributed by atoms with E-state index in [1.165, 1.54) is 6.42 Å². The van der Waals surface area contributed by atoms with E-state index in [0.29, 0.717) is 24.6 Å². The number of nitrogens with zero attached hydrogens (tertiary/aromatic N) is 7. The van der Waals surface area contributed by atoms with Gasteiger partial charge < -0.3 is 15.2 Å². The molecule has 0 saturated carbocycles. The average Bonchev–Trinajstić information content (AvgIpc) is 3.48. The van der Waals surface area contributed by atoms with Crippen molar-refractivity contribution in [2.45, 2.75) is 25.0 Å². The summed E-state index contributed by atoms with van der Waals surface area (Å²) >= 11 is 3.57. The van der Waals surface area contributed by atoms with Crippen molar-refractivity contribution in [3.8, 4) is 0 Å². The second-order valence-electron chi connectivity index (χ2n) is 7.76. The summed E-state index contributed by atoms with van der Waals surface area (Å²) in [5, 5.41) is 7.82. The van der Waals surface area contributed by atoms with Crippen LogP contribution in [0.3, 0.4) is 0 Å². The second-order valence-corrected chi connectivity index (χ2v) is 8.62. The molecule has 2 fully saturated rings. The van der Waals surface area contributed by atoms with Gasteiger partial charge in [-0.2, -0.15) is 19.6 Å². The fourth-order valence-corrected chi connectivity index (χ4v) is 4.79. The molecule has 6 rings (SSSR count). The van der Waals surface area contributed by atoms with Gasteiger partial charge in [0.25, 0.3) is 0 Å². The van der Waals surface area contributed by atoms with Gasteiger partial charge in [-0.05, 0) is 41.5 Å². The maximum absolute atomic E-state index is 4.83. The number of halogens is 1. The third-order valence-electron chi connectivity index (χ3n) is 5.94. The zero-order valence-electron chi connectivity index (χ0n) is 15.9. The Morgan fingerprint density at radius 3 is 2.86 bits per heavy atom. The van der Waals surface area contributed by atoms with Crippen LogP contribution in [0, 0.1) is 0 Å². The topological polar surface area (TPSA) is 90.3 Å². The third-order valence-corrected chi connectivity index (χ3v) is 6.50. The molecule has 148 valence electrons. The molecule has 2 N–H and O–H groups in total. The van der Waals surface area contributed by atoms with E-state index < -0.39 is 0 Å². The lowest BCUT2D eigenvalue weighted by Gasteiger charge is -2.32. The smallest absolute Gasteiger partial charge is 0.231 e. The standard InChI is InChI=1S/C19H20BrN9/c1-27-9-12-6-11(27)10-28(12)19-25-17-13(20)7-22-29(17)18(26-19)21-8-16-23-14-4-2-3-5-15(14)24-16/h2-5,7,11-12H,6,8-10H2,1H3,(H,23,24)(H,21,25,26)/t11-,12-/m0/s1. The van der Waals surface area contributed by atoms with E-state index in [9.17, 15) is 0 Å². The Hall–Kier alpha value is -2.72. The number of para-hydroxylation sites is 2. The second kappa shape index (κ2) is 6.39. The SMILES string of the molecule is CN1C[C@@H]2C[C@H]1CN2c1nc(NCc2nc3ccccc3[nH]2)n2ncc(Br)c2n1. The number of hydrogen-bond acceptors (Lipinski definition) is 7. The summed E-state index contributed by atoms with van der Waals surface area (Å²) < 4.78 is 2.59. The number of rotatable bonds is 4. The number of anilines is 2. The fourth-order valence-electron chi connectivity index (χ4n) is 4.45. The van der Waals surface area contributed by atoms with Crippen LogP contribution in [0.15, 0.2) is 34.9 Å². The number of imidazole rings is 1. The van der Waals surface area contributed by atoms with E-state index >= 15 is 0 Å². The minimum absolute atomic E-state index is 0.470. The lowest BCUT2D eigenvalue weighted by atomic mass is 10.2. The largest absolute Gasteiger partial charge is 0.347 e. The summed E-state index contributed by atoms with van der Waals surface area (Å²) in [6.07, 6.45) is 2.93. The van der Waals surface area contributed by atoms with Crippen molar-refractivity contribution in [2.24, 2.45) is 0 Å². The van der Waals surface area contributed by atoms with Crippen molar-refractivity contribution >= 4 is 44.5 Å². The highest BCUT2D eigenvalue weighted by molar-refractivity contribution is 9.10. The summed E-state index contributed by atoms with van der Waals surface area (Å²) in [5.41, 5.74) is 2.74. The highest BCUT2D eigenvalue weighted by Crippen LogP contribution is 2.33. The van der Waals surface area contributed by atoms with E-state index in [1.807, 2.05) is 24.3 Å². The number of nitrogens with one attached hydrogen (secondary N) is 2. The van der Waals surface area contributed by atoms with Gasteiger partial charge in [0, 0.05) is 25.2 Å². The van der Waals surface area contributed by atoms with Crippen LogP contribution in [0.25, 0.3) is 16.7 Å². The zero-order valence-corrected chi connectivity index (χ0v) is 17.5. The Morgan fingerprint density at radius 1 is 1.17 bits per heavy atom. The Kier molecular flexibility index (Phi) is 3.78. The van der Waals surface area contributed by atoms with Crippen LogP contribution >= 0.6 is 15.9 Å². The van der Waals surface area contributed by atoms with Gasteiger partial charge in [0.05, 0.1) is 28.2 Å². The maximum atomic E-state index is 4.83. The van der Waals surface area contributed by atoms with Crippen LogP contribution in [0.2, 0.25) is 0 Å². The van der Waals surface area contributed by atoms with Crippen LogP contribution in [0.5, 0.6) is 0 Å². The molecule has 2 aliphatic rings. The third kappa shape index (κ3) is 2.77. The first kappa shape index (κ1) is 17.2. The van der Waals surface area contributed by atoms with Crippen molar-refractivity contribution in [2.75, 3.05) is 30.4 Å². The van der Waals surface area contributed by atoms with Crippen LogP contribution in [-0.4, -0.2) is 66.7 Å². The number of likely N-dealkylation sites (N-methyl/N-ethyl adjacent to an activating group) is 1. The molecule has 4 aromatic rings. The van der Waals surface area contributed by atoms with Crippen molar-refractivity contribution in [1.29, 1.82) is 0 Å². The van der Waals surface area contributed by atoms with Crippen LogP contribution in [-0.2, 0) is 6.54 Å². The number of aromatic nitrogens is 6. The minimum Gasteiger partial charge on any atom is -0.347 e. The molecular weight excluding hydrogens is 434 g/mol. The van der Waals surface area contributed by atoms with Crippen LogP contribution in [0.4, 0.5) is 11.9 Å². The number of benzene rings is 1. The van der Waals surface area contributed by atoms with E-state index in [4.69, 9.17) is 9.97 Å². The molecule has 0 amide bonds. The molecule has 10 heteroatoms. The molecule has 1 aromatic carbocycles.